The molecule has 1 heterocycles. The van der Waals surface area contributed by atoms with Gasteiger partial charge in [-0.05, 0) is 0 Å². The maximum Gasteiger partial charge on any atom is 0.303 e. The topological polar surface area (TPSA) is 136 Å². The molecular weight excluding hydrogens is 378 g/mol. The minimum atomic E-state index is -1.14. The van der Waals surface area contributed by atoms with Gasteiger partial charge < -0.3 is 33.7 Å². The van der Waals surface area contributed by atoms with E-state index in [9.17, 15) is 19.2 Å². The molecule has 1 saturated heterocycles. The van der Waals surface area contributed by atoms with Crippen molar-refractivity contribution in [3.8, 4) is 0 Å². The highest BCUT2D eigenvalue weighted by Gasteiger charge is 2.51. The summed E-state index contributed by atoms with van der Waals surface area (Å²) in [5, 5.41) is 2.60. The van der Waals surface area contributed by atoms with Crippen LogP contribution in [0.1, 0.15) is 27.7 Å². The molecule has 0 spiro atoms. The van der Waals surface area contributed by atoms with Gasteiger partial charge in [0, 0.05) is 34.8 Å². The van der Waals surface area contributed by atoms with Gasteiger partial charge in [-0.25, -0.2) is 0 Å². The third-order valence-corrected chi connectivity index (χ3v) is 3.64. The predicted octanol–water partition coefficient (Wildman–Crippen LogP) is -0.694. The van der Waals surface area contributed by atoms with Gasteiger partial charge in [-0.15, -0.1) is 0 Å². The van der Waals surface area contributed by atoms with Crippen LogP contribution in [0.15, 0.2) is 0 Å². The summed E-state index contributed by atoms with van der Waals surface area (Å²) < 4.78 is 31.9. The first-order chi connectivity index (χ1) is 13.1. The quantitative estimate of drug-likeness (QED) is 0.298. The van der Waals surface area contributed by atoms with Crippen LogP contribution in [0.4, 0.5) is 0 Å². The third-order valence-electron chi connectivity index (χ3n) is 3.64. The smallest absolute Gasteiger partial charge is 0.303 e. The maximum absolute atomic E-state index is 11.7. The van der Waals surface area contributed by atoms with E-state index >= 15 is 0 Å². The second-order valence-corrected chi connectivity index (χ2v) is 6.08. The molecule has 1 aliphatic rings. The first-order valence-corrected chi connectivity index (χ1v) is 8.66. The Morgan fingerprint density at radius 3 is 2.00 bits per heavy atom. The number of carbonyl (C=O) groups excluding carboxylic acids is 4. The van der Waals surface area contributed by atoms with Crippen molar-refractivity contribution in [2.24, 2.45) is 0 Å². The van der Waals surface area contributed by atoms with E-state index in [1.165, 1.54) is 34.8 Å². The summed E-state index contributed by atoms with van der Waals surface area (Å²) in [6, 6.07) is -0.976. The zero-order valence-corrected chi connectivity index (χ0v) is 16.6. The molecule has 0 unspecified atom stereocenters. The number of rotatable bonds is 9. The van der Waals surface area contributed by atoms with E-state index in [0.717, 1.165) is 0 Å². The lowest BCUT2D eigenvalue weighted by Crippen LogP contribution is -2.66. The van der Waals surface area contributed by atoms with Crippen molar-refractivity contribution in [2.75, 3.05) is 26.9 Å². The van der Waals surface area contributed by atoms with Crippen molar-refractivity contribution in [3.05, 3.63) is 0 Å². The van der Waals surface area contributed by atoms with Crippen LogP contribution in [-0.4, -0.2) is 81.4 Å². The molecule has 0 bridgehead atoms. The molecule has 5 atom stereocenters. The molecule has 0 aromatic heterocycles. The zero-order valence-electron chi connectivity index (χ0n) is 16.6. The van der Waals surface area contributed by atoms with Gasteiger partial charge in [-0.3, -0.25) is 19.2 Å². The number of esters is 3. The lowest BCUT2D eigenvalue weighted by molar-refractivity contribution is -0.279. The second-order valence-electron chi connectivity index (χ2n) is 6.08. The molecule has 1 N–H and O–H groups in total. The van der Waals surface area contributed by atoms with Gasteiger partial charge >= 0.3 is 17.9 Å². The summed E-state index contributed by atoms with van der Waals surface area (Å²) in [4.78, 5) is 46.1. The summed E-state index contributed by atoms with van der Waals surface area (Å²) >= 11 is 0. The Kier molecular flexibility index (Phi) is 9.83. The zero-order chi connectivity index (χ0) is 21.3. The van der Waals surface area contributed by atoms with Crippen LogP contribution in [-0.2, 0) is 47.6 Å². The number of nitrogens with one attached hydrogen (secondary N) is 1. The van der Waals surface area contributed by atoms with Crippen molar-refractivity contribution in [2.45, 2.75) is 58.3 Å². The molecule has 0 aromatic carbocycles. The van der Waals surface area contributed by atoms with E-state index in [0.29, 0.717) is 0 Å². The second kappa shape index (κ2) is 11.6. The predicted molar refractivity (Wildman–Crippen MR) is 91.8 cm³/mol. The van der Waals surface area contributed by atoms with Crippen LogP contribution in [0.25, 0.3) is 0 Å². The summed E-state index contributed by atoms with van der Waals surface area (Å²) in [6.45, 7) is 4.90. The third kappa shape index (κ3) is 7.79. The van der Waals surface area contributed by atoms with E-state index in [2.05, 4.69) is 5.32 Å². The van der Waals surface area contributed by atoms with E-state index in [1.54, 1.807) is 0 Å². The highest BCUT2D eigenvalue weighted by atomic mass is 16.7. The number of amides is 1. The average molecular weight is 405 g/mol. The van der Waals surface area contributed by atoms with Crippen LogP contribution in [0, 0.1) is 0 Å². The Balaban J connectivity index is 3.21. The van der Waals surface area contributed by atoms with Crippen LogP contribution in [0.2, 0.25) is 0 Å². The van der Waals surface area contributed by atoms with Gasteiger partial charge in [0.25, 0.3) is 0 Å². The fourth-order valence-corrected chi connectivity index (χ4v) is 2.68. The highest BCUT2D eigenvalue weighted by molar-refractivity contribution is 5.73. The molecule has 0 aliphatic carbocycles. The van der Waals surface area contributed by atoms with Crippen molar-refractivity contribution in [1.29, 1.82) is 0 Å². The molecule has 11 nitrogen and oxygen atoms in total. The lowest BCUT2D eigenvalue weighted by atomic mass is 9.96. The Morgan fingerprint density at radius 1 is 0.893 bits per heavy atom. The van der Waals surface area contributed by atoms with Gasteiger partial charge in [-0.1, -0.05) is 0 Å². The largest absolute Gasteiger partial charge is 0.463 e. The summed E-state index contributed by atoms with van der Waals surface area (Å²) in [6.07, 6.45) is -4.34. The van der Waals surface area contributed by atoms with Crippen LogP contribution < -0.4 is 5.32 Å². The Bertz CT molecular complexity index is 566. The van der Waals surface area contributed by atoms with Gasteiger partial charge in [0.2, 0.25) is 5.91 Å². The van der Waals surface area contributed by atoms with Crippen molar-refractivity contribution in [1.82, 2.24) is 5.32 Å². The number of hydrogen-bond donors (Lipinski definition) is 1. The Morgan fingerprint density at radius 2 is 1.50 bits per heavy atom. The molecular formula is C17H27NO10. The van der Waals surface area contributed by atoms with Crippen molar-refractivity contribution in [3.63, 3.8) is 0 Å². The van der Waals surface area contributed by atoms with Gasteiger partial charge in [-0.2, -0.15) is 0 Å². The van der Waals surface area contributed by atoms with E-state index < -0.39 is 54.5 Å². The van der Waals surface area contributed by atoms with E-state index in [-0.39, 0.29) is 19.8 Å². The molecule has 0 radical (unpaired) electrons. The Labute approximate surface area is 162 Å². The van der Waals surface area contributed by atoms with Gasteiger partial charge in [0.15, 0.2) is 18.5 Å². The van der Waals surface area contributed by atoms with E-state index in [1.807, 2.05) is 0 Å². The fraction of sp³-hybridized carbons (Fsp3) is 0.765. The normalized spacial score (nSPS) is 26.8. The number of ether oxygens (including phenoxy) is 6. The molecule has 1 fully saturated rings. The average Bonchev–Trinajstić information content (AvgIpc) is 2.57. The Hall–Kier alpha value is -2.24. The van der Waals surface area contributed by atoms with Crippen LogP contribution in [0.3, 0.4) is 0 Å². The highest BCUT2D eigenvalue weighted by Crippen LogP contribution is 2.27. The SMILES string of the molecule is COCCO[C@@H]1O[C@H](COC(C)=O)[C@H](OC(C)=O)[C@H](OC(C)=O)[C@H]1NC(C)=O. The maximum atomic E-state index is 11.7. The molecule has 0 saturated carbocycles. The van der Waals surface area contributed by atoms with Gasteiger partial charge in [0.1, 0.15) is 18.8 Å². The molecule has 160 valence electrons. The molecule has 11 heteroatoms. The first-order valence-electron chi connectivity index (χ1n) is 8.66. The molecule has 28 heavy (non-hydrogen) atoms. The minimum Gasteiger partial charge on any atom is -0.463 e. The fourth-order valence-electron chi connectivity index (χ4n) is 2.68. The van der Waals surface area contributed by atoms with Crippen molar-refractivity contribution >= 4 is 23.8 Å². The minimum absolute atomic E-state index is 0.114. The molecule has 1 rings (SSSR count). The molecule has 1 amide bonds. The standard InChI is InChI=1S/C17H27NO10/c1-9(19)18-14-16(27-12(4)22)15(26-11(3)21)13(8-25-10(2)20)28-17(14)24-7-6-23-5/h13-17H,6-8H2,1-5H3,(H,18,19)/t13-,14-,15+,16-,17-/m1/s1. The molecule has 0 aromatic rings. The summed E-state index contributed by atoms with van der Waals surface area (Å²) in [5.74, 6) is -2.35. The lowest BCUT2D eigenvalue weighted by Gasteiger charge is -2.44. The monoisotopic (exact) mass is 405 g/mol. The van der Waals surface area contributed by atoms with Crippen LogP contribution in [0.5, 0.6) is 0 Å². The summed E-state index contributed by atoms with van der Waals surface area (Å²) in [5.41, 5.74) is 0. The summed E-state index contributed by atoms with van der Waals surface area (Å²) in [7, 11) is 1.48. The van der Waals surface area contributed by atoms with Crippen LogP contribution >= 0.6 is 0 Å². The number of carbonyl (C=O) groups is 4. The first kappa shape index (κ1) is 23.8. The number of methoxy groups -OCH3 is 1. The van der Waals surface area contributed by atoms with Gasteiger partial charge in [0.05, 0.1) is 13.2 Å². The molecule has 1 aliphatic heterocycles. The number of hydrogen-bond acceptors (Lipinski definition) is 10. The van der Waals surface area contributed by atoms with E-state index in [4.69, 9.17) is 28.4 Å². The van der Waals surface area contributed by atoms with Crippen molar-refractivity contribution < 1.29 is 47.6 Å².